The number of aryl methyl sites for hydroxylation is 3. The van der Waals surface area contributed by atoms with Crippen molar-refractivity contribution in [3.8, 4) is 0 Å². The molecule has 33 heavy (non-hydrogen) atoms. The number of nitrogens with one attached hydrogen (secondary N) is 2. The average Bonchev–Trinajstić information content (AvgIpc) is 3.52. The molecule has 0 aromatic heterocycles. The first-order valence-corrected chi connectivity index (χ1v) is 11.0. The van der Waals surface area contributed by atoms with Gasteiger partial charge in [-0.3, -0.25) is 0 Å². The van der Waals surface area contributed by atoms with Crippen LogP contribution in [0.25, 0.3) is 0 Å². The number of carboxylic acids is 1. The Morgan fingerprint density at radius 3 is 1.79 bits per heavy atom. The van der Waals surface area contributed by atoms with Crippen LogP contribution in [-0.4, -0.2) is 37.7 Å². The van der Waals surface area contributed by atoms with E-state index in [-0.39, 0.29) is 6.03 Å². The molecule has 2 aliphatic carbocycles. The summed E-state index contributed by atoms with van der Waals surface area (Å²) in [7, 11) is 1.67. The lowest BCUT2D eigenvalue weighted by Crippen LogP contribution is -2.25. The van der Waals surface area contributed by atoms with Gasteiger partial charge in [-0.2, -0.15) is 0 Å². The second-order valence-electron chi connectivity index (χ2n) is 7.11. The Bertz CT molecular complexity index is 878. The molecule has 0 spiro atoms. The van der Waals surface area contributed by atoms with Crippen LogP contribution in [0.1, 0.15) is 64.9 Å². The van der Waals surface area contributed by atoms with E-state index in [0.29, 0.717) is 5.56 Å². The fraction of sp³-hybridized carbons (Fsp3) is 0.385. The third-order valence-corrected chi connectivity index (χ3v) is 5.20. The number of hydrogen-bond acceptors (Lipinski definition) is 4. The summed E-state index contributed by atoms with van der Waals surface area (Å²) in [6, 6.07) is 9.10. The highest BCUT2D eigenvalue weighted by Crippen LogP contribution is 2.38. The number of fused-ring (bicyclic) bond motifs is 2. The van der Waals surface area contributed by atoms with Crippen molar-refractivity contribution in [2.75, 3.05) is 12.4 Å². The lowest BCUT2D eigenvalue weighted by atomic mass is 9.99. The summed E-state index contributed by atoms with van der Waals surface area (Å²) in [6.07, 6.45) is 7.02. The molecule has 2 aromatic rings. The first-order valence-electron chi connectivity index (χ1n) is 11.0. The highest BCUT2D eigenvalue weighted by Gasteiger charge is 2.24. The van der Waals surface area contributed by atoms with Crippen molar-refractivity contribution in [1.29, 1.82) is 0 Å². The zero-order valence-electron chi connectivity index (χ0n) is 20.1. The highest BCUT2D eigenvalue weighted by molar-refractivity contribution is 5.92. The Hall–Kier alpha value is -3.48. The monoisotopic (exact) mass is 456 g/mol. The van der Waals surface area contributed by atoms with Crippen LogP contribution in [-0.2, 0) is 35.3 Å². The van der Waals surface area contributed by atoms with Gasteiger partial charge in [0.15, 0.2) is 0 Å². The van der Waals surface area contributed by atoms with Gasteiger partial charge in [-0.25, -0.2) is 9.59 Å². The smallest absolute Gasteiger partial charge is 0.335 e. The van der Waals surface area contributed by atoms with Gasteiger partial charge in [0.1, 0.15) is 13.6 Å². The molecule has 0 unspecified atom stereocenters. The molecule has 0 fully saturated rings. The molecule has 0 bridgehead atoms. The summed E-state index contributed by atoms with van der Waals surface area (Å²) in [6.45, 7) is 9.87. The van der Waals surface area contributed by atoms with Gasteiger partial charge in [-0.05, 0) is 79.8 Å². The topological polar surface area (TPSA) is 113 Å². The van der Waals surface area contributed by atoms with Gasteiger partial charge in [0.2, 0.25) is 0 Å². The Morgan fingerprint density at radius 1 is 0.879 bits per heavy atom. The molecule has 7 heteroatoms. The van der Waals surface area contributed by atoms with E-state index in [1.54, 1.807) is 25.2 Å². The standard InChI is InChI=1S/C14H18N2O.C8H8O2.C2H6.2CH2O/c1-15-14(17)16-13-11-6-2-4-9(11)8-10-5-3-7-12(10)13;1-6-3-2-4-7(5-6)8(9)10;3*1-2/h8H,2-7H2,1H3,(H2,15,16,17);2-5H,1H3,(H,9,10);1-2H3;2*1H2. The van der Waals surface area contributed by atoms with E-state index in [1.807, 2.05) is 40.4 Å². The van der Waals surface area contributed by atoms with E-state index in [1.165, 1.54) is 47.9 Å². The third-order valence-electron chi connectivity index (χ3n) is 5.20. The largest absolute Gasteiger partial charge is 0.478 e. The van der Waals surface area contributed by atoms with Crippen molar-refractivity contribution in [3.63, 3.8) is 0 Å². The number of benzene rings is 2. The minimum Gasteiger partial charge on any atom is -0.478 e. The maximum atomic E-state index is 11.6. The Labute approximate surface area is 196 Å². The molecule has 0 saturated heterocycles. The predicted octanol–water partition coefficient (Wildman–Crippen LogP) is 4.76. The zero-order chi connectivity index (χ0) is 25.4. The Balaban J connectivity index is 0.000000550. The van der Waals surface area contributed by atoms with Gasteiger partial charge >= 0.3 is 12.0 Å². The molecule has 3 N–H and O–H groups in total. The fourth-order valence-corrected chi connectivity index (χ4v) is 3.92. The Morgan fingerprint density at radius 2 is 1.39 bits per heavy atom. The summed E-state index contributed by atoms with van der Waals surface area (Å²) in [5.41, 5.74) is 8.12. The molecular formula is C26H36N2O5. The first kappa shape index (κ1) is 29.5. The van der Waals surface area contributed by atoms with Crippen LogP contribution in [0.3, 0.4) is 0 Å². The van der Waals surface area contributed by atoms with Crippen LogP contribution < -0.4 is 10.6 Å². The van der Waals surface area contributed by atoms with E-state index >= 15 is 0 Å². The predicted molar refractivity (Wildman–Crippen MR) is 132 cm³/mol. The molecule has 2 amide bonds. The van der Waals surface area contributed by atoms with Gasteiger partial charge in [0.05, 0.1) is 5.56 Å². The second-order valence-corrected chi connectivity index (χ2v) is 7.11. The number of carbonyl (C=O) groups excluding carboxylic acids is 3. The summed E-state index contributed by atoms with van der Waals surface area (Å²) in [5.74, 6) is -0.872. The Kier molecular flexibility index (Phi) is 14.5. The molecule has 7 nitrogen and oxygen atoms in total. The van der Waals surface area contributed by atoms with Crippen molar-refractivity contribution in [3.05, 3.63) is 63.7 Å². The normalized spacial score (nSPS) is 11.8. The van der Waals surface area contributed by atoms with Crippen molar-refractivity contribution in [2.45, 2.75) is 59.3 Å². The van der Waals surface area contributed by atoms with Crippen molar-refractivity contribution in [1.82, 2.24) is 5.32 Å². The van der Waals surface area contributed by atoms with Crippen molar-refractivity contribution >= 4 is 31.3 Å². The lowest BCUT2D eigenvalue weighted by molar-refractivity contribution is -0.0987. The summed E-state index contributed by atoms with van der Waals surface area (Å²) >= 11 is 0. The van der Waals surface area contributed by atoms with E-state index in [2.05, 4.69) is 16.7 Å². The number of amides is 2. The highest BCUT2D eigenvalue weighted by atomic mass is 16.4. The number of hydrogen-bond donors (Lipinski definition) is 3. The number of urea groups is 1. The molecule has 0 atom stereocenters. The van der Waals surface area contributed by atoms with Gasteiger partial charge in [0, 0.05) is 12.7 Å². The van der Waals surface area contributed by atoms with Crippen molar-refractivity contribution < 1.29 is 24.3 Å². The minimum absolute atomic E-state index is 0.0978. The van der Waals surface area contributed by atoms with Gasteiger partial charge in [-0.1, -0.05) is 37.6 Å². The average molecular weight is 457 g/mol. The van der Waals surface area contributed by atoms with Crippen LogP contribution >= 0.6 is 0 Å². The molecule has 0 heterocycles. The van der Waals surface area contributed by atoms with Crippen LogP contribution in [0.5, 0.6) is 0 Å². The minimum atomic E-state index is -0.872. The molecule has 4 rings (SSSR count). The SMILES string of the molecule is C=O.C=O.CC.CNC(=O)Nc1c2c(cc3c1CCC3)CCC2.Cc1cccc(C(=O)O)c1. The maximum Gasteiger partial charge on any atom is 0.335 e. The maximum absolute atomic E-state index is 11.6. The first-order chi connectivity index (χ1) is 16.0. The lowest BCUT2D eigenvalue weighted by Gasteiger charge is -2.15. The molecule has 2 aromatic carbocycles. The molecule has 0 saturated carbocycles. The number of rotatable bonds is 2. The van der Waals surface area contributed by atoms with Crippen molar-refractivity contribution in [2.24, 2.45) is 0 Å². The number of carboxylic acid groups (broad SMARTS) is 1. The van der Waals surface area contributed by atoms with Crippen LogP contribution in [0, 0.1) is 6.92 Å². The number of aromatic carboxylic acids is 1. The summed E-state index contributed by atoms with van der Waals surface area (Å²) in [4.78, 5) is 37.9. The van der Waals surface area contributed by atoms with Crippen LogP contribution in [0.2, 0.25) is 0 Å². The van der Waals surface area contributed by atoms with Crippen LogP contribution in [0.15, 0.2) is 30.3 Å². The zero-order valence-corrected chi connectivity index (χ0v) is 20.1. The summed E-state index contributed by atoms with van der Waals surface area (Å²) < 4.78 is 0. The van der Waals surface area contributed by atoms with E-state index < -0.39 is 5.97 Å². The van der Waals surface area contributed by atoms with Gasteiger partial charge in [0.25, 0.3) is 0 Å². The van der Waals surface area contributed by atoms with Gasteiger partial charge < -0.3 is 25.3 Å². The van der Waals surface area contributed by atoms with E-state index in [0.717, 1.165) is 24.1 Å². The number of anilines is 1. The summed E-state index contributed by atoms with van der Waals surface area (Å²) in [5, 5.41) is 14.2. The molecule has 180 valence electrons. The number of carbonyl (C=O) groups is 4. The van der Waals surface area contributed by atoms with Crippen LogP contribution in [0.4, 0.5) is 10.5 Å². The fourth-order valence-electron chi connectivity index (χ4n) is 3.92. The molecule has 2 aliphatic rings. The second kappa shape index (κ2) is 16.2. The quantitative estimate of drug-likeness (QED) is 0.603. The van der Waals surface area contributed by atoms with Gasteiger partial charge in [-0.15, -0.1) is 0 Å². The van der Waals surface area contributed by atoms with E-state index in [9.17, 15) is 9.59 Å². The molecular weight excluding hydrogens is 420 g/mol. The molecule has 0 radical (unpaired) electrons. The third kappa shape index (κ3) is 8.52. The van der Waals surface area contributed by atoms with E-state index in [4.69, 9.17) is 14.7 Å². The molecule has 0 aliphatic heterocycles.